The molecule has 4 rings (SSSR count). The Kier molecular flexibility index (Phi) is 5.77. The molecule has 0 aliphatic rings. The molecule has 5 nitrogen and oxygen atoms in total. The van der Waals surface area contributed by atoms with Crippen molar-refractivity contribution in [1.82, 2.24) is 9.97 Å². The molecular formula is C24H23N3O2S. The second-order valence-electron chi connectivity index (χ2n) is 7.28. The molecule has 0 atom stereocenters. The predicted octanol–water partition coefficient (Wildman–Crippen LogP) is 5.09. The first-order chi connectivity index (χ1) is 14.5. The first-order valence-corrected chi connectivity index (χ1v) is 10.5. The van der Waals surface area contributed by atoms with Gasteiger partial charge in [-0.3, -0.25) is 14.7 Å². The van der Waals surface area contributed by atoms with Gasteiger partial charge in [0, 0.05) is 18.5 Å². The summed E-state index contributed by atoms with van der Waals surface area (Å²) >= 11 is 1.51. The Balaban J connectivity index is 1.70. The van der Waals surface area contributed by atoms with Gasteiger partial charge >= 0.3 is 0 Å². The third kappa shape index (κ3) is 4.33. The van der Waals surface area contributed by atoms with Gasteiger partial charge in [-0.05, 0) is 48.7 Å². The molecule has 0 bridgehead atoms. The van der Waals surface area contributed by atoms with Gasteiger partial charge < -0.3 is 4.74 Å². The highest BCUT2D eigenvalue weighted by atomic mass is 32.1. The van der Waals surface area contributed by atoms with Gasteiger partial charge in [-0.25, -0.2) is 4.98 Å². The average Bonchev–Trinajstić information content (AvgIpc) is 3.18. The van der Waals surface area contributed by atoms with Crippen molar-refractivity contribution >= 4 is 32.6 Å². The van der Waals surface area contributed by atoms with Gasteiger partial charge in [0.05, 0.1) is 30.3 Å². The summed E-state index contributed by atoms with van der Waals surface area (Å²) in [5.41, 5.74) is 5.09. The van der Waals surface area contributed by atoms with E-state index in [9.17, 15) is 4.79 Å². The number of fused-ring (bicyclic) bond motifs is 1. The number of nitrogens with zero attached hydrogens (tertiary/aromatic N) is 3. The average molecular weight is 418 g/mol. The number of amides is 1. The second-order valence-corrected chi connectivity index (χ2v) is 8.29. The Bertz CT molecular complexity index is 1190. The van der Waals surface area contributed by atoms with Crippen molar-refractivity contribution in [2.24, 2.45) is 0 Å². The van der Waals surface area contributed by atoms with Crippen LogP contribution in [0.15, 0.2) is 60.9 Å². The zero-order chi connectivity index (χ0) is 21.1. The molecule has 0 aliphatic heterocycles. The number of hydrogen-bond acceptors (Lipinski definition) is 5. The number of pyridine rings is 1. The first-order valence-electron chi connectivity index (χ1n) is 9.73. The Morgan fingerprint density at radius 1 is 1.13 bits per heavy atom. The highest BCUT2D eigenvalue weighted by molar-refractivity contribution is 7.22. The molecule has 2 aromatic carbocycles. The molecule has 0 spiro atoms. The van der Waals surface area contributed by atoms with Gasteiger partial charge in [-0.15, -0.1) is 0 Å². The summed E-state index contributed by atoms with van der Waals surface area (Å²) in [4.78, 5) is 24.1. The molecule has 0 N–H and O–H groups in total. The first kappa shape index (κ1) is 20.0. The van der Waals surface area contributed by atoms with Gasteiger partial charge in [-0.2, -0.15) is 0 Å². The van der Waals surface area contributed by atoms with E-state index in [1.54, 1.807) is 24.4 Å². The van der Waals surface area contributed by atoms with Crippen LogP contribution in [0.3, 0.4) is 0 Å². The number of anilines is 1. The standard InChI is InChI=1S/C24H23N3O2S/c1-16-6-7-17(2)19(11-16)12-23(28)27(15-18-5-4-10-25-14-18)24-26-21-13-20(29-3)8-9-22(21)30-24/h4-11,13-14H,12,15H2,1-3H3. The number of hydrogen-bond donors (Lipinski definition) is 0. The molecule has 0 radical (unpaired) electrons. The highest BCUT2D eigenvalue weighted by Crippen LogP contribution is 2.32. The second kappa shape index (κ2) is 8.63. The summed E-state index contributed by atoms with van der Waals surface area (Å²) in [5.74, 6) is 0.762. The Morgan fingerprint density at radius 3 is 2.77 bits per heavy atom. The van der Waals surface area contributed by atoms with Crippen molar-refractivity contribution in [2.75, 3.05) is 12.0 Å². The SMILES string of the molecule is COc1ccc2sc(N(Cc3cccnc3)C(=O)Cc3cc(C)ccc3C)nc2c1. The van der Waals surface area contributed by atoms with Crippen LogP contribution in [0.4, 0.5) is 5.13 Å². The van der Waals surface area contributed by atoms with Crippen LogP contribution >= 0.6 is 11.3 Å². The van der Waals surface area contributed by atoms with Crippen molar-refractivity contribution in [1.29, 1.82) is 0 Å². The number of aryl methyl sites for hydroxylation is 2. The van der Waals surface area contributed by atoms with E-state index in [4.69, 9.17) is 9.72 Å². The number of methoxy groups -OCH3 is 1. The van der Waals surface area contributed by atoms with Crippen molar-refractivity contribution in [3.05, 3.63) is 83.2 Å². The Morgan fingerprint density at radius 2 is 2.00 bits per heavy atom. The van der Waals surface area contributed by atoms with Crippen LogP contribution in [0.25, 0.3) is 10.2 Å². The topological polar surface area (TPSA) is 55.3 Å². The molecule has 6 heteroatoms. The maximum Gasteiger partial charge on any atom is 0.233 e. The van der Waals surface area contributed by atoms with Gasteiger partial charge in [0.25, 0.3) is 0 Å². The lowest BCUT2D eigenvalue weighted by molar-refractivity contribution is -0.118. The van der Waals surface area contributed by atoms with Gasteiger partial charge in [0.1, 0.15) is 5.75 Å². The zero-order valence-corrected chi connectivity index (χ0v) is 18.1. The van der Waals surface area contributed by atoms with Gasteiger partial charge in [0.15, 0.2) is 5.13 Å². The predicted molar refractivity (Wildman–Crippen MR) is 121 cm³/mol. The lowest BCUT2D eigenvalue weighted by Gasteiger charge is -2.20. The molecule has 0 fully saturated rings. The summed E-state index contributed by atoms with van der Waals surface area (Å²) in [5, 5.41) is 0.678. The summed E-state index contributed by atoms with van der Waals surface area (Å²) in [6, 6.07) is 15.9. The van der Waals surface area contributed by atoms with Gasteiger partial charge in [-0.1, -0.05) is 41.2 Å². The third-order valence-electron chi connectivity index (χ3n) is 5.03. The van der Waals surface area contributed by atoms with E-state index in [2.05, 4.69) is 23.2 Å². The minimum atomic E-state index is 0.0126. The molecule has 0 saturated carbocycles. The fraction of sp³-hybridized carbons (Fsp3) is 0.208. The van der Waals surface area contributed by atoms with Crippen molar-refractivity contribution < 1.29 is 9.53 Å². The van der Waals surface area contributed by atoms with E-state index in [1.807, 2.05) is 44.2 Å². The molecule has 0 unspecified atom stereocenters. The number of benzene rings is 2. The van der Waals surface area contributed by atoms with E-state index in [1.165, 1.54) is 11.3 Å². The van der Waals surface area contributed by atoms with E-state index in [-0.39, 0.29) is 5.91 Å². The Hall–Kier alpha value is -3.25. The molecule has 0 aliphatic carbocycles. The van der Waals surface area contributed by atoms with Crippen LogP contribution in [0, 0.1) is 13.8 Å². The van der Waals surface area contributed by atoms with Crippen LogP contribution in [-0.4, -0.2) is 23.0 Å². The summed E-state index contributed by atoms with van der Waals surface area (Å²) in [6.07, 6.45) is 3.84. The molecular weight excluding hydrogens is 394 g/mol. The monoisotopic (exact) mass is 417 g/mol. The van der Waals surface area contributed by atoms with Crippen molar-refractivity contribution in [2.45, 2.75) is 26.8 Å². The van der Waals surface area contributed by atoms with E-state index < -0.39 is 0 Å². The molecule has 152 valence electrons. The number of thiazole rings is 1. The summed E-state index contributed by atoms with van der Waals surface area (Å²) in [7, 11) is 1.64. The minimum absolute atomic E-state index is 0.0126. The molecule has 30 heavy (non-hydrogen) atoms. The molecule has 2 aromatic heterocycles. The number of ether oxygens (including phenoxy) is 1. The fourth-order valence-corrected chi connectivity index (χ4v) is 4.29. The minimum Gasteiger partial charge on any atom is -0.497 e. The molecule has 4 aromatic rings. The summed E-state index contributed by atoms with van der Waals surface area (Å²) < 4.78 is 6.33. The number of carbonyl (C=O) groups excluding carboxylic acids is 1. The fourth-order valence-electron chi connectivity index (χ4n) is 3.32. The highest BCUT2D eigenvalue weighted by Gasteiger charge is 2.21. The smallest absolute Gasteiger partial charge is 0.233 e. The van der Waals surface area contributed by atoms with Gasteiger partial charge in [0.2, 0.25) is 5.91 Å². The van der Waals surface area contributed by atoms with Crippen LogP contribution in [0.2, 0.25) is 0 Å². The lowest BCUT2D eigenvalue weighted by Crippen LogP contribution is -2.32. The number of aromatic nitrogens is 2. The van der Waals surface area contributed by atoms with Crippen LogP contribution in [-0.2, 0) is 17.8 Å². The van der Waals surface area contributed by atoms with Crippen molar-refractivity contribution in [3.8, 4) is 5.75 Å². The summed E-state index contributed by atoms with van der Waals surface area (Å²) in [6.45, 7) is 4.51. The maximum absolute atomic E-state index is 13.4. The van der Waals surface area contributed by atoms with E-state index in [0.717, 1.165) is 38.2 Å². The maximum atomic E-state index is 13.4. The number of rotatable bonds is 6. The number of carbonyl (C=O) groups is 1. The van der Waals surface area contributed by atoms with Crippen LogP contribution < -0.4 is 9.64 Å². The van der Waals surface area contributed by atoms with E-state index in [0.29, 0.717) is 18.1 Å². The molecule has 2 heterocycles. The quantitative estimate of drug-likeness (QED) is 0.438. The molecule has 1 amide bonds. The van der Waals surface area contributed by atoms with Crippen molar-refractivity contribution in [3.63, 3.8) is 0 Å². The largest absolute Gasteiger partial charge is 0.497 e. The zero-order valence-electron chi connectivity index (χ0n) is 17.3. The van der Waals surface area contributed by atoms with Crippen LogP contribution in [0.1, 0.15) is 22.3 Å². The van der Waals surface area contributed by atoms with Crippen LogP contribution in [0.5, 0.6) is 5.75 Å². The Labute approximate surface area is 180 Å². The third-order valence-corrected chi connectivity index (χ3v) is 6.08. The lowest BCUT2D eigenvalue weighted by atomic mass is 10.0. The normalized spacial score (nSPS) is 10.9. The molecule has 0 saturated heterocycles. The van der Waals surface area contributed by atoms with E-state index >= 15 is 0 Å².